The first-order valence-corrected chi connectivity index (χ1v) is 5.03. The van der Waals surface area contributed by atoms with E-state index in [1.165, 1.54) is 11.1 Å². The van der Waals surface area contributed by atoms with Gasteiger partial charge in [0.05, 0.1) is 0 Å². The minimum absolute atomic E-state index is 0.901. The van der Waals surface area contributed by atoms with E-state index < -0.39 is 0 Å². The van der Waals surface area contributed by atoms with Crippen LogP contribution >= 0.6 is 12.6 Å². The first-order valence-electron chi connectivity index (χ1n) is 4.58. The van der Waals surface area contributed by atoms with Crippen LogP contribution in [0.4, 0.5) is 0 Å². The molecule has 0 amide bonds. The molecular weight excluding hydrogens is 188 g/mol. The summed E-state index contributed by atoms with van der Waals surface area (Å²) in [6.07, 6.45) is 0.961. The molecule has 0 atom stereocenters. The monoisotopic (exact) mass is 199 g/mol. The van der Waals surface area contributed by atoms with Crippen molar-refractivity contribution in [3.63, 3.8) is 0 Å². The summed E-state index contributed by atoms with van der Waals surface area (Å²) in [7, 11) is 0. The third-order valence-corrected chi connectivity index (χ3v) is 2.36. The van der Waals surface area contributed by atoms with Crippen molar-refractivity contribution < 1.29 is 0 Å². The Morgan fingerprint density at radius 1 is 1.00 bits per heavy atom. The molecule has 1 heteroatoms. The van der Waals surface area contributed by atoms with Crippen molar-refractivity contribution in [2.45, 2.75) is 11.3 Å². The smallest absolute Gasteiger partial charge is 0.0122 e. The molecule has 2 aromatic carbocycles. The summed E-state index contributed by atoms with van der Waals surface area (Å²) in [6.45, 7) is 0. The summed E-state index contributed by atoms with van der Waals surface area (Å²) in [5.74, 6) is 0. The van der Waals surface area contributed by atoms with Gasteiger partial charge in [0.25, 0.3) is 0 Å². The molecule has 0 unspecified atom stereocenters. The Hall–Kier alpha value is -1.21. The Labute approximate surface area is 90.0 Å². The number of benzene rings is 2. The van der Waals surface area contributed by atoms with Crippen molar-refractivity contribution in [1.29, 1.82) is 0 Å². The Morgan fingerprint density at radius 2 is 1.79 bits per heavy atom. The molecule has 14 heavy (non-hydrogen) atoms. The van der Waals surface area contributed by atoms with Crippen LogP contribution in [0.5, 0.6) is 0 Å². The van der Waals surface area contributed by atoms with E-state index in [9.17, 15) is 0 Å². The lowest BCUT2D eigenvalue weighted by atomic mass is 10.1. The summed E-state index contributed by atoms with van der Waals surface area (Å²) in [5, 5.41) is 0. The van der Waals surface area contributed by atoms with Gasteiger partial charge in [-0.2, -0.15) is 0 Å². The summed E-state index contributed by atoms with van der Waals surface area (Å²) in [6, 6.07) is 19.5. The van der Waals surface area contributed by atoms with Gasteiger partial charge in [-0.3, -0.25) is 0 Å². The van der Waals surface area contributed by atoms with Gasteiger partial charge in [-0.1, -0.05) is 42.5 Å². The molecule has 69 valence electrons. The van der Waals surface area contributed by atoms with Crippen LogP contribution in [0.15, 0.2) is 53.4 Å². The molecule has 0 aliphatic carbocycles. The average molecular weight is 199 g/mol. The molecule has 2 aromatic rings. The standard InChI is InChI=1S/C13H11S/c14-13-8-4-7-12(10-13)9-11-5-2-1-3-6-11/h1-7,10,14H,9H2. The fourth-order valence-corrected chi connectivity index (χ4v) is 1.68. The zero-order chi connectivity index (χ0) is 9.80. The van der Waals surface area contributed by atoms with Gasteiger partial charge in [-0.25, -0.2) is 0 Å². The molecule has 1 radical (unpaired) electrons. The van der Waals surface area contributed by atoms with E-state index in [1.807, 2.05) is 12.1 Å². The predicted octanol–water partition coefficient (Wildman–Crippen LogP) is 3.37. The highest BCUT2D eigenvalue weighted by atomic mass is 32.1. The average Bonchev–Trinajstić information content (AvgIpc) is 2.19. The van der Waals surface area contributed by atoms with Crippen molar-refractivity contribution in [3.05, 3.63) is 65.7 Å². The maximum absolute atomic E-state index is 4.26. The van der Waals surface area contributed by atoms with Crippen molar-refractivity contribution >= 4 is 12.6 Å². The molecule has 0 aromatic heterocycles. The Kier molecular flexibility index (Phi) is 2.90. The molecule has 0 spiro atoms. The zero-order valence-electron chi connectivity index (χ0n) is 7.77. The van der Waals surface area contributed by atoms with E-state index in [1.54, 1.807) is 0 Å². The lowest BCUT2D eigenvalue weighted by Crippen LogP contribution is -1.86. The van der Waals surface area contributed by atoms with Crippen LogP contribution in [0.25, 0.3) is 0 Å². The van der Waals surface area contributed by atoms with Crippen molar-refractivity contribution in [3.8, 4) is 0 Å². The van der Waals surface area contributed by atoms with Crippen LogP contribution in [0.1, 0.15) is 11.1 Å². The van der Waals surface area contributed by atoms with Crippen LogP contribution in [-0.2, 0) is 6.42 Å². The van der Waals surface area contributed by atoms with Crippen LogP contribution < -0.4 is 0 Å². The predicted molar refractivity (Wildman–Crippen MR) is 61.8 cm³/mol. The molecular formula is C13H11S. The van der Waals surface area contributed by atoms with E-state index >= 15 is 0 Å². The summed E-state index contributed by atoms with van der Waals surface area (Å²) in [4.78, 5) is 0.901. The minimum Gasteiger partial charge on any atom is -0.143 e. The highest BCUT2D eigenvalue weighted by Crippen LogP contribution is 2.12. The van der Waals surface area contributed by atoms with Crippen molar-refractivity contribution in [2.75, 3.05) is 0 Å². The minimum atomic E-state index is 0.901. The second kappa shape index (κ2) is 4.34. The molecule has 0 aliphatic heterocycles. The van der Waals surface area contributed by atoms with Gasteiger partial charge < -0.3 is 0 Å². The van der Waals surface area contributed by atoms with E-state index in [2.05, 4.69) is 55.1 Å². The molecule has 0 aliphatic rings. The van der Waals surface area contributed by atoms with Crippen molar-refractivity contribution in [1.82, 2.24) is 0 Å². The Morgan fingerprint density at radius 3 is 2.50 bits per heavy atom. The van der Waals surface area contributed by atoms with Gasteiger partial charge in [0.1, 0.15) is 0 Å². The van der Waals surface area contributed by atoms with E-state index in [0.29, 0.717) is 0 Å². The molecule has 0 bridgehead atoms. The lowest BCUT2D eigenvalue weighted by Gasteiger charge is -2.01. The largest absolute Gasteiger partial charge is 0.143 e. The van der Waals surface area contributed by atoms with E-state index in [0.717, 1.165) is 11.3 Å². The van der Waals surface area contributed by atoms with Gasteiger partial charge in [0, 0.05) is 4.90 Å². The number of hydrogen-bond acceptors (Lipinski definition) is 1. The number of thiol groups is 1. The second-order valence-corrected chi connectivity index (χ2v) is 3.73. The maximum Gasteiger partial charge on any atom is 0.0122 e. The Balaban J connectivity index is 2.19. The van der Waals surface area contributed by atoms with E-state index in [-0.39, 0.29) is 0 Å². The summed E-state index contributed by atoms with van der Waals surface area (Å²) >= 11 is 4.26. The highest BCUT2D eigenvalue weighted by Gasteiger charge is 1.95. The van der Waals surface area contributed by atoms with Gasteiger partial charge in [-0.15, -0.1) is 12.6 Å². The number of rotatable bonds is 2. The summed E-state index contributed by atoms with van der Waals surface area (Å²) < 4.78 is 0. The highest BCUT2D eigenvalue weighted by molar-refractivity contribution is 7.80. The summed E-state index contributed by atoms with van der Waals surface area (Å²) in [5.41, 5.74) is 2.60. The van der Waals surface area contributed by atoms with Gasteiger partial charge in [0.15, 0.2) is 0 Å². The lowest BCUT2D eigenvalue weighted by molar-refractivity contribution is 1.17. The topological polar surface area (TPSA) is 0 Å². The molecule has 0 nitrogen and oxygen atoms in total. The van der Waals surface area contributed by atoms with Gasteiger partial charge >= 0.3 is 0 Å². The normalized spacial score (nSPS) is 10.1. The molecule has 2 rings (SSSR count). The molecule has 0 saturated carbocycles. The van der Waals surface area contributed by atoms with Crippen LogP contribution in [0.3, 0.4) is 0 Å². The first-order chi connectivity index (χ1) is 6.84. The fraction of sp³-hybridized carbons (Fsp3) is 0.0769. The van der Waals surface area contributed by atoms with E-state index in [4.69, 9.17) is 0 Å². The fourth-order valence-electron chi connectivity index (χ4n) is 1.44. The van der Waals surface area contributed by atoms with Gasteiger partial charge in [-0.05, 0) is 29.7 Å². The molecule has 0 saturated heterocycles. The molecule has 0 N–H and O–H groups in total. The SMILES string of the molecule is Sc1[c]ccc(Cc2ccccc2)c1. The third-order valence-electron chi connectivity index (χ3n) is 2.10. The number of hydrogen-bond donors (Lipinski definition) is 1. The molecule has 0 fully saturated rings. The Bertz CT molecular complexity index is 407. The molecule has 0 heterocycles. The van der Waals surface area contributed by atoms with Crippen LogP contribution in [0.2, 0.25) is 0 Å². The quantitative estimate of drug-likeness (QED) is 0.704. The second-order valence-electron chi connectivity index (χ2n) is 3.24. The third kappa shape index (κ3) is 2.39. The van der Waals surface area contributed by atoms with Crippen LogP contribution in [0, 0.1) is 6.07 Å². The van der Waals surface area contributed by atoms with Gasteiger partial charge in [0.2, 0.25) is 0 Å². The van der Waals surface area contributed by atoms with Crippen molar-refractivity contribution in [2.24, 2.45) is 0 Å². The maximum atomic E-state index is 4.26. The van der Waals surface area contributed by atoms with Crippen LogP contribution in [-0.4, -0.2) is 0 Å². The first kappa shape index (κ1) is 9.35. The zero-order valence-corrected chi connectivity index (χ0v) is 8.67.